The van der Waals surface area contributed by atoms with Crippen LogP contribution in [0.3, 0.4) is 0 Å². The number of fused-ring (bicyclic) bond motifs is 1. The quantitative estimate of drug-likeness (QED) is 0.913. The van der Waals surface area contributed by atoms with Gasteiger partial charge in [0.1, 0.15) is 0 Å². The van der Waals surface area contributed by atoms with Crippen molar-refractivity contribution in [1.82, 2.24) is 8.96 Å². The van der Waals surface area contributed by atoms with Crippen LogP contribution in [0.2, 0.25) is 0 Å². The number of hydrogen-bond donors (Lipinski definition) is 1. The van der Waals surface area contributed by atoms with Crippen LogP contribution in [0.15, 0.2) is 22.9 Å². The molecule has 0 bridgehead atoms. The van der Waals surface area contributed by atoms with E-state index >= 15 is 0 Å². The first-order chi connectivity index (χ1) is 6.77. The molecule has 0 radical (unpaired) electrons. The largest absolute Gasteiger partial charge is 0.387 e. The van der Waals surface area contributed by atoms with E-state index in [2.05, 4.69) is 26.2 Å². The molecule has 3 nitrogen and oxygen atoms in total. The average molecular weight is 276 g/mol. The highest BCUT2D eigenvalue weighted by Gasteiger charge is 2.09. The van der Waals surface area contributed by atoms with Gasteiger partial charge in [-0.1, -0.05) is 0 Å². The number of aromatic nitrogens is 2. The Bertz CT molecular complexity index is 471. The number of pyridine rings is 1. The summed E-state index contributed by atoms with van der Waals surface area (Å²) < 4.78 is 14.7. The molecule has 0 amide bonds. The Morgan fingerprint density at radius 3 is 3.07 bits per heavy atom. The lowest BCUT2D eigenvalue weighted by Crippen LogP contribution is -1.92. The van der Waals surface area contributed by atoms with Crippen LogP contribution in [0.1, 0.15) is 0 Å². The molecule has 0 saturated heterocycles. The van der Waals surface area contributed by atoms with E-state index in [0.29, 0.717) is 5.65 Å². The summed E-state index contributed by atoms with van der Waals surface area (Å²) in [4.78, 5) is 4.14. The summed E-state index contributed by atoms with van der Waals surface area (Å²) in [6.07, 6.45) is 3.30. The smallest absolute Gasteiger partial charge is 0.171 e. The zero-order valence-corrected chi connectivity index (χ0v) is 9.69. The van der Waals surface area contributed by atoms with Gasteiger partial charge in [-0.2, -0.15) is 0 Å². The summed E-state index contributed by atoms with van der Waals surface area (Å²) in [7, 11) is 1.82. The number of nitrogens with zero attached hydrogens (tertiary/aromatic N) is 2. The second-order valence-electron chi connectivity index (χ2n) is 2.68. The molecule has 0 aliphatic heterocycles. The number of anilines is 1. The van der Waals surface area contributed by atoms with Gasteiger partial charge < -0.3 is 5.32 Å². The van der Waals surface area contributed by atoms with Crippen LogP contribution in [-0.2, 0) is 0 Å². The van der Waals surface area contributed by atoms with Crippen molar-refractivity contribution in [3.63, 3.8) is 0 Å². The summed E-state index contributed by atoms with van der Waals surface area (Å²) >= 11 is 3.52. The first-order valence-corrected chi connectivity index (χ1v) is 5.37. The van der Waals surface area contributed by atoms with Crippen molar-refractivity contribution in [2.24, 2.45) is 0 Å². The second-order valence-corrected chi connectivity index (χ2v) is 4.06. The summed E-state index contributed by atoms with van der Waals surface area (Å²) in [6, 6.07) is 1.82. The fraction of sp³-hybridized carbons (Fsp3) is 0.125. The standard InChI is InChI=1S/C8H7BrFN3S/c1-11-7-5-2-3-13(14-10)8(5)12-4-6(7)9/h2-4H,1H3,(H,11,12). The predicted octanol–water partition coefficient (Wildman–Crippen LogP) is 3.22. The third-order valence-corrected chi connectivity index (χ3v) is 3.00. The maximum absolute atomic E-state index is 12.4. The first kappa shape index (κ1) is 9.79. The Labute approximate surface area is 93.3 Å². The number of hydrogen-bond acceptors (Lipinski definition) is 3. The van der Waals surface area contributed by atoms with Gasteiger partial charge in [0.05, 0.1) is 10.2 Å². The van der Waals surface area contributed by atoms with Gasteiger partial charge in [0.2, 0.25) is 0 Å². The molecule has 74 valence electrons. The van der Waals surface area contributed by atoms with Gasteiger partial charge in [-0.05, 0) is 22.0 Å². The van der Waals surface area contributed by atoms with Gasteiger partial charge in [0.15, 0.2) is 18.0 Å². The third kappa shape index (κ3) is 1.38. The molecule has 0 atom stereocenters. The van der Waals surface area contributed by atoms with Crippen LogP contribution < -0.4 is 5.32 Å². The first-order valence-electron chi connectivity index (χ1n) is 3.90. The fourth-order valence-electron chi connectivity index (χ4n) is 1.35. The van der Waals surface area contributed by atoms with E-state index < -0.39 is 0 Å². The van der Waals surface area contributed by atoms with E-state index in [1.165, 1.54) is 3.97 Å². The van der Waals surface area contributed by atoms with E-state index in [1.807, 2.05) is 13.1 Å². The SMILES string of the molecule is CNc1c(Br)cnc2c1ccn2SF. The molecule has 2 aromatic heterocycles. The van der Waals surface area contributed by atoms with E-state index in [1.54, 1.807) is 12.4 Å². The molecule has 2 aromatic rings. The van der Waals surface area contributed by atoms with E-state index in [9.17, 15) is 3.89 Å². The molecule has 2 heterocycles. The Morgan fingerprint density at radius 1 is 1.64 bits per heavy atom. The Morgan fingerprint density at radius 2 is 2.43 bits per heavy atom. The summed E-state index contributed by atoms with van der Waals surface area (Å²) in [5, 5.41) is 3.94. The Kier molecular flexibility index (Phi) is 2.64. The highest BCUT2D eigenvalue weighted by atomic mass is 79.9. The molecule has 14 heavy (non-hydrogen) atoms. The lowest BCUT2D eigenvalue weighted by molar-refractivity contribution is 0.919. The summed E-state index contributed by atoms with van der Waals surface area (Å²) in [5.74, 6) is 0. The molecule has 0 aliphatic carbocycles. The normalized spacial score (nSPS) is 10.8. The van der Waals surface area contributed by atoms with Gasteiger partial charge in [-0.15, -0.1) is 3.89 Å². The van der Waals surface area contributed by atoms with Gasteiger partial charge in [-0.25, -0.2) is 8.96 Å². The zero-order valence-electron chi connectivity index (χ0n) is 7.29. The minimum Gasteiger partial charge on any atom is -0.387 e. The van der Waals surface area contributed by atoms with Crippen molar-refractivity contribution in [3.05, 3.63) is 22.9 Å². The highest BCUT2D eigenvalue weighted by Crippen LogP contribution is 2.31. The van der Waals surface area contributed by atoms with Crippen molar-refractivity contribution in [3.8, 4) is 0 Å². The van der Waals surface area contributed by atoms with Crippen molar-refractivity contribution >= 4 is 45.0 Å². The fourth-order valence-corrected chi connectivity index (χ4v) is 2.18. The highest BCUT2D eigenvalue weighted by molar-refractivity contribution is 9.10. The summed E-state index contributed by atoms with van der Waals surface area (Å²) in [5.41, 5.74) is 1.54. The molecule has 0 unspecified atom stereocenters. The third-order valence-electron chi connectivity index (χ3n) is 1.96. The molecule has 0 aliphatic rings. The molecular weight excluding hydrogens is 269 g/mol. The monoisotopic (exact) mass is 275 g/mol. The van der Waals surface area contributed by atoms with Crippen LogP contribution in [0, 0.1) is 0 Å². The zero-order chi connectivity index (χ0) is 10.1. The Hall–Kier alpha value is -0.750. The molecule has 0 aromatic carbocycles. The molecule has 0 spiro atoms. The van der Waals surface area contributed by atoms with Gasteiger partial charge >= 0.3 is 0 Å². The topological polar surface area (TPSA) is 29.9 Å². The van der Waals surface area contributed by atoms with Gasteiger partial charge in [0.25, 0.3) is 0 Å². The minimum atomic E-state index is 0.141. The van der Waals surface area contributed by atoms with Crippen LogP contribution in [-0.4, -0.2) is 16.0 Å². The molecule has 1 N–H and O–H groups in total. The molecular formula is C8H7BrFN3S. The maximum Gasteiger partial charge on any atom is 0.171 e. The average Bonchev–Trinajstić information content (AvgIpc) is 2.60. The molecule has 6 heteroatoms. The number of halogens is 2. The summed E-state index contributed by atoms with van der Waals surface area (Å²) in [6.45, 7) is 0. The van der Waals surface area contributed by atoms with Crippen molar-refractivity contribution in [2.45, 2.75) is 0 Å². The van der Waals surface area contributed by atoms with Crippen LogP contribution >= 0.6 is 28.3 Å². The molecule has 0 fully saturated rings. The lowest BCUT2D eigenvalue weighted by Gasteiger charge is -2.04. The van der Waals surface area contributed by atoms with Gasteiger partial charge in [0, 0.05) is 24.8 Å². The van der Waals surface area contributed by atoms with E-state index in [4.69, 9.17) is 0 Å². The maximum atomic E-state index is 12.4. The van der Waals surface area contributed by atoms with Crippen molar-refractivity contribution in [1.29, 1.82) is 0 Å². The van der Waals surface area contributed by atoms with Crippen LogP contribution in [0.5, 0.6) is 0 Å². The minimum absolute atomic E-state index is 0.141. The molecule has 2 rings (SSSR count). The predicted molar refractivity (Wildman–Crippen MR) is 61.1 cm³/mol. The van der Waals surface area contributed by atoms with Gasteiger partial charge in [-0.3, -0.25) is 0 Å². The van der Waals surface area contributed by atoms with E-state index in [0.717, 1.165) is 15.5 Å². The van der Waals surface area contributed by atoms with Crippen molar-refractivity contribution < 1.29 is 3.89 Å². The van der Waals surface area contributed by atoms with Crippen LogP contribution in [0.25, 0.3) is 11.0 Å². The Balaban J connectivity index is 2.76. The number of nitrogens with one attached hydrogen (secondary N) is 1. The van der Waals surface area contributed by atoms with Crippen LogP contribution in [0.4, 0.5) is 9.57 Å². The van der Waals surface area contributed by atoms with E-state index in [-0.39, 0.29) is 12.3 Å². The van der Waals surface area contributed by atoms with Crippen molar-refractivity contribution in [2.75, 3.05) is 12.4 Å². The second kappa shape index (κ2) is 3.78. The molecule has 0 saturated carbocycles. The number of rotatable bonds is 2. The lowest BCUT2D eigenvalue weighted by atomic mass is 10.3.